The molecule has 0 aliphatic heterocycles. The van der Waals surface area contributed by atoms with E-state index >= 15 is 0 Å². The van der Waals surface area contributed by atoms with E-state index in [2.05, 4.69) is 9.97 Å². The lowest BCUT2D eigenvalue weighted by Gasteiger charge is -2.07. The van der Waals surface area contributed by atoms with Crippen LogP contribution in [-0.4, -0.2) is 14.9 Å². The second-order valence-corrected chi connectivity index (χ2v) is 5.33. The molecule has 3 aromatic rings. The molecule has 22 heavy (non-hydrogen) atoms. The number of nitrogens with zero attached hydrogens (tertiary/aromatic N) is 3. The number of nitrogens with two attached hydrogens (primary N) is 1. The van der Waals surface area contributed by atoms with Crippen LogP contribution in [0.1, 0.15) is 0 Å². The average molecular weight is 335 g/mol. The highest BCUT2D eigenvalue weighted by Crippen LogP contribution is 2.31. The smallest absolute Gasteiger partial charge is 0.270 e. The lowest BCUT2D eigenvalue weighted by molar-refractivity contribution is -0.384. The van der Waals surface area contributed by atoms with Gasteiger partial charge in [-0.1, -0.05) is 35.3 Å². The zero-order valence-electron chi connectivity index (χ0n) is 11.0. The van der Waals surface area contributed by atoms with E-state index in [1.807, 2.05) is 0 Å². The van der Waals surface area contributed by atoms with E-state index in [0.29, 0.717) is 32.3 Å². The van der Waals surface area contributed by atoms with E-state index in [-0.39, 0.29) is 11.5 Å². The van der Waals surface area contributed by atoms with Crippen LogP contribution in [0.4, 0.5) is 11.5 Å². The molecule has 1 heterocycles. The molecule has 2 N–H and O–H groups in total. The highest BCUT2D eigenvalue weighted by molar-refractivity contribution is 6.42. The zero-order valence-corrected chi connectivity index (χ0v) is 12.5. The third-order valence-corrected chi connectivity index (χ3v) is 3.79. The van der Waals surface area contributed by atoms with Crippen LogP contribution in [0.5, 0.6) is 0 Å². The molecule has 0 aliphatic rings. The van der Waals surface area contributed by atoms with Crippen LogP contribution in [0.15, 0.2) is 36.4 Å². The Morgan fingerprint density at radius 3 is 2.32 bits per heavy atom. The van der Waals surface area contributed by atoms with Gasteiger partial charge in [-0.25, -0.2) is 9.97 Å². The maximum absolute atomic E-state index is 10.9. The molecule has 3 rings (SSSR count). The van der Waals surface area contributed by atoms with Crippen molar-refractivity contribution in [2.75, 3.05) is 5.73 Å². The Bertz CT molecular complexity index is 915. The van der Waals surface area contributed by atoms with Gasteiger partial charge in [0.05, 0.1) is 26.0 Å². The van der Waals surface area contributed by atoms with Gasteiger partial charge in [0.2, 0.25) is 0 Å². The summed E-state index contributed by atoms with van der Waals surface area (Å²) in [7, 11) is 0. The van der Waals surface area contributed by atoms with Crippen molar-refractivity contribution in [3.63, 3.8) is 0 Å². The van der Waals surface area contributed by atoms with Gasteiger partial charge in [0.15, 0.2) is 5.82 Å². The van der Waals surface area contributed by atoms with Gasteiger partial charge in [-0.05, 0) is 12.1 Å². The zero-order chi connectivity index (χ0) is 15.9. The molecule has 0 bridgehead atoms. The molecular weight excluding hydrogens is 327 g/mol. The molecule has 0 radical (unpaired) electrons. The summed E-state index contributed by atoms with van der Waals surface area (Å²) in [5.41, 5.74) is 7.73. The number of aromatic nitrogens is 2. The molecule has 1 aromatic heterocycles. The maximum atomic E-state index is 10.9. The Hall–Kier alpha value is -2.44. The number of nitro groups is 1. The van der Waals surface area contributed by atoms with Crippen LogP contribution in [0.3, 0.4) is 0 Å². The number of rotatable bonds is 2. The molecule has 6 nitrogen and oxygen atoms in total. The van der Waals surface area contributed by atoms with Crippen molar-refractivity contribution >= 4 is 45.7 Å². The number of nitro benzene ring substituents is 1. The van der Waals surface area contributed by atoms with E-state index in [1.54, 1.807) is 24.3 Å². The fourth-order valence-corrected chi connectivity index (χ4v) is 2.36. The summed E-state index contributed by atoms with van der Waals surface area (Å²) in [6.07, 6.45) is 0. The Kier molecular flexibility index (Phi) is 3.56. The number of nitrogen functional groups attached to an aromatic ring is 1. The second-order valence-electron chi connectivity index (χ2n) is 4.52. The van der Waals surface area contributed by atoms with E-state index in [1.165, 1.54) is 12.1 Å². The molecule has 110 valence electrons. The molecule has 0 saturated heterocycles. The number of anilines is 1. The lowest BCUT2D eigenvalue weighted by Crippen LogP contribution is -1.99. The third kappa shape index (κ3) is 2.54. The first kappa shape index (κ1) is 14.5. The quantitative estimate of drug-likeness (QED) is 0.562. The monoisotopic (exact) mass is 334 g/mol. The molecule has 0 fully saturated rings. The van der Waals surface area contributed by atoms with Crippen molar-refractivity contribution in [2.24, 2.45) is 0 Å². The topological polar surface area (TPSA) is 94.9 Å². The number of fused-ring (bicyclic) bond motifs is 1. The molecule has 0 spiro atoms. The van der Waals surface area contributed by atoms with Gasteiger partial charge in [0, 0.05) is 17.7 Å². The molecule has 0 aliphatic carbocycles. The van der Waals surface area contributed by atoms with Crippen LogP contribution in [0.25, 0.3) is 22.3 Å². The molecule has 8 heteroatoms. The number of hydrogen-bond donors (Lipinski definition) is 1. The maximum Gasteiger partial charge on any atom is 0.270 e. The van der Waals surface area contributed by atoms with Gasteiger partial charge < -0.3 is 5.73 Å². The first-order chi connectivity index (χ1) is 10.5. The Morgan fingerprint density at radius 1 is 1.05 bits per heavy atom. The second kappa shape index (κ2) is 5.40. The van der Waals surface area contributed by atoms with Crippen molar-refractivity contribution in [3.05, 3.63) is 56.6 Å². The highest BCUT2D eigenvalue weighted by Gasteiger charge is 2.13. The van der Waals surface area contributed by atoms with Crippen molar-refractivity contribution in [1.82, 2.24) is 9.97 Å². The van der Waals surface area contributed by atoms with E-state index in [9.17, 15) is 10.1 Å². The van der Waals surface area contributed by atoms with Crippen LogP contribution < -0.4 is 5.73 Å². The SMILES string of the molecule is Nc1nc2cc(Cl)c(Cl)cc2nc1-c1cccc([N+](=O)[O-])c1. The summed E-state index contributed by atoms with van der Waals surface area (Å²) >= 11 is 11.9. The van der Waals surface area contributed by atoms with Gasteiger partial charge in [-0.15, -0.1) is 0 Å². The minimum Gasteiger partial charge on any atom is -0.382 e. The summed E-state index contributed by atoms with van der Waals surface area (Å²) in [5, 5.41) is 11.6. The van der Waals surface area contributed by atoms with E-state index in [4.69, 9.17) is 28.9 Å². The molecular formula is C14H8Cl2N4O2. The predicted octanol–water partition coefficient (Wildman–Crippen LogP) is 4.09. The van der Waals surface area contributed by atoms with Gasteiger partial charge in [0.1, 0.15) is 5.69 Å². The summed E-state index contributed by atoms with van der Waals surface area (Å²) in [6.45, 7) is 0. The fourth-order valence-electron chi connectivity index (χ4n) is 2.04. The van der Waals surface area contributed by atoms with Gasteiger partial charge >= 0.3 is 0 Å². The Labute approximate surface area is 134 Å². The fraction of sp³-hybridized carbons (Fsp3) is 0. The van der Waals surface area contributed by atoms with Gasteiger partial charge in [0.25, 0.3) is 5.69 Å². The van der Waals surface area contributed by atoms with Crippen LogP contribution in [0.2, 0.25) is 10.0 Å². The standard InChI is InChI=1S/C14H8Cl2N4O2/c15-9-5-11-12(6-10(9)16)19-14(17)13(18-11)7-2-1-3-8(4-7)20(21)22/h1-6H,(H2,17,19). The largest absolute Gasteiger partial charge is 0.382 e. The van der Waals surface area contributed by atoms with Crippen molar-refractivity contribution in [1.29, 1.82) is 0 Å². The van der Waals surface area contributed by atoms with Crippen molar-refractivity contribution in [3.8, 4) is 11.3 Å². The number of halogens is 2. The molecule has 0 saturated carbocycles. The Morgan fingerprint density at radius 2 is 1.68 bits per heavy atom. The molecule has 0 atom stereocenters. The van der Waals surface area contributed by atoms with E-state index < -0.39 is 4.92 Å². The van der Waals surface area contributed by atoms with Crippen LogP contribution in [-0.2, 0) is 0 Å². The highest BCUT2D eigenvalue weighted by atomic mass is 35.5. The minimum atomic E-state index is -0.481. The summed E-state index contributed by atoms with van der Waals surface area (Å²) in [5.74, 6) is 0.159. The molecule has 0 amide bonds. The van der Waals surface area contributed by atoms with Crippen molar-refractivity contribution < 1.29 is 4.92 Å². The lowest BCUT2D eigenvalue weighted by atomic mass is 10.1. The minimum absolute atomic E-state index is 0.0482. The third-order valence-electron chi connectivity index (χ3n) is 3.06. The average Bonchev–Trinajstić information content (AvgIpc) is 2.48. The number of benzene rings is 2. The van der Waals surface area contributed by atoms with Gasteiger partial charge in [-0.2, -0.15) is 0 Å². The summed E-state index contributed by atoms with van der Waals surface area (Å²) in [6, 6.07) is 9.17. The van der Waals surface area contributed by atoms with Crippen LogP contribution in [0, 0.1) is 10.1 Å². The normalized spacial score (nSPS) is 10.8. The number of non-ortho nitro benzene ring substituents is 1. The first-order valence-corrected chi connectivity index (χ1v) is 6.88. The summed E-state index contributed by atoms with van der Waals surface area (Å²) < 4.78 is 0. The Balaban J connectivity index is 2.22. The number of hydrogen-bond acceptors (Lipinski definition) is 5. The first-order valence-electron chi connectivity index (χ1n) is 6.13. The molecule has 2 aromatic carbocycles. The van der Waals surface area contributed by atoms with E-state index in [0.717, 1.165) is 0 Å². The van der Waals surface area contributed by atoms with Gasteiger partial charge in [-0.3, -0.25) is 10.1 Å². The summed E-state index contributed by atoms with van der Waals surface area (Å²) in [4.78, 5) is 19.0. The predicted molar refractivity (Wildman–Crippen MR) is 86.1 cm³/mol. The van der Waals surface area contributed by atoms with Crippen molar-refractivity contribution in [2.45, 2.75) is 0 Å². The molecule has 0 unspecified atom stereocenters. The van der Waals surface area contributed by atoms with Crippen LogP contribution >= 0.6 is 23.2 Å².